The number of hydrogen-bond donors (Lipinski definition) is 2. The summed E-state index contributed by atoms with van der Waals surface area (Å²) in [5, 5.41) is 11.7. The summed E-state index contributed by atoms with van der Waals surface area (Å²) in [6, 6.07) is 17.5. The van der Waals surface area contributed by atoms with E-state index in [0.29, 0.717) is 17.4 Å². The lowest BCUT2D eigenvalue weighted by molar-refractivity contribution is -0.119. The van der Waals surface area contributed by atoms with Crippen LogP contribution < -0.4 is 15.9 Å². The molecule has 2 aromatic carbocycles. The van der Waals surface area contributed by atoms with Gasteiger partial charge in [0.1, 0.15) is 5.75 Å². The van der Waals surface area contributed by atoms with Crippen LogP contribution in [0.4, 0.5) is 0 Å². The van der Waals surface area contributed by atoms with Gasteiger partial charge in [0, 0.05) is 6.42 Å². The number of ether oxygens (including phenoxy) is 1. The lowest BCUT2D eigenvalue weighted by Crippen LogP contribution is -2.28. The molecule has 0 spiro atoms. The average molecular weight is 398 g/mol. The van der Waals surface area contributed by atoms with Gasteiger partial charge in [-0.2, -0.15) is 0 Å². The fourth-order valence-corrected chi connectivity index (χ4v) is 3.38. The predicted octanol–water partition coefficient (Wildman–Crippen LogP) is 2.56. The van der Waals surface area contributed by atoms with Crippen molar-refractivity contribution in [2.24, 2.45) is 0 Å². The van der Waals surface area contributed by atoms with Gasteiger partial charge in [-0.15, -0.1) is 10.2 Å². The van der Waals surface area contributed by atoms with Crippen molar-refractivity contribution < 1.29 is 9.53 Å². The van der Waals surface area contributed by atoms with Crippen LogP contribution in [0.2, 0.25) is 0 Å². The van der Waals surface area contributed by atoms with Gasteiger partial charge in [-0.3, -0.25) is 4.79 Å². The first-order chi connectivity index (χ1) is 13.6. The molecule has 146 valence electrons. The van der Waals surface area contributed by atoms with Crippen molar-refractivity contribution >= 4 is 17.7 Å². The highest BCUT2D eigenvalue weighted by Gasteiger charge is 2.14. The van der Waals surface area contributed by atoms with Gasteiger partial charge in [-0.1, -0.05) is 54.2 Å². The van der Waals surface area contributed by atoms with Crippen LogP contribution in [-0.4, -0.2) is 33.6 Å². The van der Waals surface area contributed by atoms with E-state index in [-0.39, 0.29) is 17.7 Å². The Morgan fingerprint density at radius 3 is 2.57 bits per heavy atom. The summed E-state index contributed by atoms with van der Waals surface area (Å²) in [6.45, 7) is 1.95. The molecule has 28 heavy (non-hydrogen) atoms. The Balaban J connectivity index is 1.54. The molecule has 1 amide bonds. The minimum Gasteiger partial charge on any atom is -0.497 e. The average Bonchev–Trinajstić information content (AvgIpc) is 3.07. The number of nitrogens with zero attached hydrogens (tertiary/aromatic N) is 3. The van der Waals surface area contributed by atoms with Gasteiger partial charge in [0.25, 0.3) is 0 Å². The largest absolute Gasteiger partial charge is 0.497 e. The van der Waals surface area contributed by atoms with Crippen LogP contribution in [0, 0.1) is 0 Å². The molecule has 0 aliphatic heterocycles. The number of carbonyl (C=O) groups is 1. The van der Waals surface area contributed by atoms with E-state index >= 15 is 0 Å². The third kappa shape index (κ3) is 5.04. The van der Waals surface area contributed by atoms with E-state index in [0.717, 1.165) is 16.9 Å². The number of rotatable bonds is 8. The van der Waals surface area contributed by atoms with Crippen LogP contribution in [0.5, 0.6) is 5.75 Å². The zero-order chi connectivity index (χ0) is 19.9. The molecule has 1 atom stereocenters. The van der Waals surface area contributed by atoms with Crippen LogP contribution in [0.25, 0.3) is 0 Å². The molecular formula is C20H23N5O2S. The fraction of sp³-hybridized carbons (Fsp3) is 0.250. The third-order valence-corrected chi connectivity index (χ3v) is 5.21. The van der Waals surface area contributed by atoms with Crippen molar-refractivity contribution in [3.8, 4) is 5.75 Å². The van der Waals surface area contributed by atoms with Crippen molar-refractivity contribution in [1.82, 2.24) is 20.2 Å². The number of nitrogen functional groups attached to an aromatic ring is 1. The van der Waals surface area contributed by atoms with E-state index in [2.05, 4.69) is 15.5 Å². The number of nitrogens with one attached hydrogen (secondary N) is 1. The standard InChI is InChI=1S/C20H23N5O2S/c1-14(16-6-4-3-5-7-16)22-19(26)13-28-20-24-23-18(25(20)21)12-15-8-10-17(27-2)11-9-15/h3-11,14H,12-13,21H2,1-2H3,(H,22,26)/t14-/m0/s1. The summed E-state index contributed by atoms with van der Waals surface area (Å²) in [7, 11) is 1.63. The van der Waals surface area contributed by atoms with Gasteiger partial charge in [-0.05, 0) is 30.2 Å². The van der Waals surface area contributed by atoms with Crippen LogP contribution in [0.1, 0.15) is 29.9 Å². The van der Waals surface area contributed by atoms with Gasteiger partial charge in [-0.25, -0.2) is 4.68 Å². The molecule has 1 heterocycles. The van der Waals surface area contributed by atoms with Crippen LogP contribution in [-0.2, 0) is 11.2 Å². The molecule has 0 unspecified atom stereocenters. The van der Waals surface area contributed by atoms with E-state index in [1.165, 1.54) is 16.4 Å². The number of hydrogen-bond acceptors (Lipinski definition) is 6. The minimum absolute atomic E-state index is 0.0596. The van der Waals surface area contributed by atoms with E-state index in [1.54, 1.807) is 7.11 Å². The van der Waals surface area contributed by atoms with Crippen molar-refractivity contribution in [2.45, 2.75) is 24.5 Å². The summed E-state index contributed by atoms with van der Waals surface area (Å²) in [5.74, 6) is 7.66. The molecule has 0 aliphatic rings. The Kier molecular flexibility index (Phi) is 6.54. The smallest absolute Gasteiger partial charge is 0.230 e. The molecule has 1 aromatic heterocycles. The number of aromatic nitrogens is 3. The quantitative estimate of drug-likeness (QED) is 0.448. The van der Waals surface area contributed by atoms with Gasteiger partial charge in [0.05, 0.1) is 18.9 Å². The first kappa shape index (κ1) is 19.8. The highest BCUT2D eigenvalue weighted by molar-refractivity contribution is 7.99. The van der Waals surface area contributed by atoms with Crippen LogP contribution in [0.3, 0.4) is 0 Å². The number of benzene rings is 2. The monoisotopic (exact) mass is 397 g/mol. The lowest BCUT2D eigenvalue weighted by atomic mass is 10.1. The van der Waals surface area contributed by atoms with E-state index in [1.807, 2.05) is 61.5 Å². The first-order valence-electron chi connectivity index (χ1n) is 8.86. The fourth-order valence-electron chi connectivity index (χ4n) is 2.69. The zero-order valence-electron chi connectivity index (χ0n) is 15.8. The number of methoxy groups -OCH3 is 1. The van der Waals surface area contributed by atoms with Gasteiger partial charge < -0.3 is 15.9 Å². The van der Waals surface area contributed by atoms with E-state index in [9.17, 15) is 4.79 Å². The van der Waals surface area contributed by atoms with E-state index in [4.69, 9.17) is 10.6 Å². The molecule has 3 aromatic rings. The summed E-state index contributed by atoms with van der Waals surface area (Å²) < 4.78 is 6.59. The maximum absolute atomic E-state index is 12.2. The normalized spacial score (nSPS) is 11.8. The second-order valence-electron chi connectivity index (χ2n) is 6.28. The first-order valence-corrected chi connectivity index (χ1v) is 9.84. The molecule has 0 aliphatic carbocycles. The second-order valence-corrected chi connectivity index (χ2v) is 7.22. The Morgan fingerprint density at radius 1 is 1.18 bits per heavy atom. The molecule has 0 radical (unpaired) electrons. The molecule has 3 rings (SSSR count). The maximum Gasteiger partial charge on any atom is 0.230 e. The molecule has 0 saturated heterocycles. The van der Waals surface area contributed by atoms with Crippen molar-refractivity contribution in [3.05, 3.63) is 71.5 Å². The Hall–Kier alpha value is -3.00. The van der Waals surface area contributed by atoms with Crippen molar-refractivity contribution in [1.29, 1.82) is 0 Å². The summed E-state index contributed by atoms with van der Waals surface area (Å²) >= 11 is 1.26. The minimum atomic E-state index is -0.0824. The summed E-state index contributed by atoms with van der Waals surface area (Å²) in [6.07, 6.45) is 0.547. The lowest BCUT2D eigenvalue weighted by Gasteiger charge is -2.13. The number of carbonyl (C=O) groups excluding carboxylic acids is 1. The van der Waals surface area contributed by atoms with Gasteiger partial charge in [0.15, 0.2) is 5.82 Å². The molecule has 0 saturated carbocycles. The molecule has 7 nitrogen and oxygen atoms in total. The molecule has 8 heteroatoms. The van der Waals surface area contributed by atoms with Crippen LogP contribution in [0.15, 0.2) is 59.8 Å². The highest BCUT2D eigenvalue weighted by Crippen LogP contribution is 2.18. The zero-order valence-corrected chi connectivity index (χ0v) is 16.6. The highest BCUT2D eigenvalue weighted by atomic mass is 32.2. The number of thioether (sulfide) groups is 1. The van der Waals surface area contributed by atoms with Crippen molar-refractivity contribution in [2.75, 3.05) is 18.7 Å². The molecule has 0 bridgehead atoms. The number of amides is 1. The molecular weight excluding hydrogens is 374 g/mol. The molecule has 0 fully saturated rings. The SMILES string of the molecule is COc1ccc(Cc2nnc(SCC(=O)N[C@@H](C)c3ccccc3)n2N)cc1. The Morgan fingerprint density at radius 2 is 1.89 bits per heavy atom. The summed E-state index contributed by atoms with van der Waals surface area (Å²) in [5.41, 5.74) is 2.11. The third-order valence-electron chi connectivity index (χ3n) is 4.27. The number of nitrogens with two attached hydrogens (primary N) is 1. The van der Waals surface area contributed by atoms with Gasteiger partial charge >= 0.3 is 0 Å². The van der Waals surface area contributed by atoms with Crippen molar-refractivity contribution in [3.63, 3.8) is 0 Å². The topological polar surface area (TPSA) is 95.1 Å². The van der Waals surface area contributed by atoms with Crippen LogP contribution >= 0.6 is 11.8 Å². The van der Waals surface area contributed by atoms with Gasteiger partial charge in [0.2, 0.25) is 11.1 Å². The maximum atomic E-state index is 12.2. The van der Waals surface area contributed by atoms with E-state index < -0.39 is 0 Å². The second kappa shape index (κ2) is 9.27. The Labute approximate surface area is 168 Å². The molecule has 3 N–H and O–H groups in total. The predicted molar refractivity (Wildman–Crippen MR) is 110 cm³/mol. The summed E-state index contributed by atoms with van der Waals surface area (Å²) in [4.78, 5) is 12.2. The Bertz CT molecular complexity index is 912.